The maximum absolute atomic E-state index is 12.0. The summed E-state index contributed by atoms with van der Waals surface area (Å²) in [4.78, 5) is 26.8. The van der Waals surface area contributed by atoms with E-state index in [9.17, 15) is 9.59 Å². The van der Waals surface area contributed by atoms with Crippen LogP contribution < -0.4 is 5.69 Å². The van der Waals surface area contributed by atoms with Crippen LogP contribution in [0.3, 0.4) is 0 Å². The minimum atomic E-state index is -0.944. The van der Waals surface area contributed by atoms with Gasteiger partial charge in [-0.2, -0.15) is 4.98 Å². The molecule has 0 bridgehead atoms. The lowest BCUT2D eigenvalue weighted by Gasteiger charge is -2.25. The van der Waals surface area contributed by atoms with Gasteiger partial charge >= 0.3 is 11.7 Å². The molecule has 1 aliphatic rings. The normalized spacial score (nSPS) is 19.0. The third-order valence-corrected chi connectivity index (χ3v) is 3.37. The summed E-state index contributed by atoms with van der Waals surface area (Å²) < 4.78 is 12.3. The molecule has 0 amide bonds. The number of rotatable bonds is 4. The molecule has 1 unspecified atom stereocenters. The molecule has 20 heavy (non-hydrogen) atoms. The number of carboxylic acid groups (broad SMARTS) is 1. The number of carboxylic acids is 1. The fraction of sp³-hybridized carbons (Fsp3) is 0.615. The SMILES string of the molecule is Cc1nc(=O)n(CC2COCCO2)c(C)c1CC(=O)O. The molecule has 110 valence electrons. The maximum atomic E-state index is 12.0. The topological polar surface area (TPSA) is 90.7 Å². The van der Waals surface area contributed by atoms with Crippen LogP contribution in [0.5, 0.6) is 0 Å². The Morgan fingerprint density at radius 1 is 1.45 bits per heavy atom. The van der Waals surface area contributed by atoms with E-state index in [1.54, 1.807) is 13.8 Å². The predicted octanol–water partition coefficient (Wildman–Crippen LogP) is -0.0974. The van der Waals surface area contributed by atoms with Crippen LogP contribution in [0.1, 0.15) is 17.0 Å². The average molecular weight is 282 g/mol. The second kappa shape index (κ2) is 6.15. The minimum Gasteiger partial charge on any atom is -0.481 e. The van der Waals surface area contributed by atoms with Crippen molar-refractivity contribution in [3.8, 4) is 0 Å². The van der Waals surface area contributed by atoms with E-state index in [1.807, 2.05) is 0 Å². The lowest BCUT2D eigenvalue weighted by atomic mass is 10.1. The van der Waals surface area contributed by atoms with E-state index in [4.69, 9.17) is 14.6 Å². The van der Waals surface area contributed by atoms with Crippen molar-refractivity contribution in [2.45, 2.75) is 32.9 Å². The highest BCUT2D eigenvalue weighted by Gasteiger charge is 2.19. The Morgan fingerprint density at radius 3 is 2.80 bits per heavy atom. The molecule has 1 aromatic rings. The predicted molar refractivity (Wildman–Crippen MR) is 69.9 cm³/mol. The van der Waals surface area contributed by atoms with E-state index in [0.29, 0.717) is 43.3 Å². The molecule has 1 N–H and O–H groups in total. The first-order valence-electron chi connectivity index (χ1n) is 6.47. The molecule has 1 atom stereocenters. The third-order valence-electron chi connectivity index (χ3n) is 3.37. The van der Waals surface area contributed by atoms with Gasteiger partial charge in [0.05, 0.1) is 38.9 Å². The van der Waals surface area contributed by atoms with Gasteiger partial charge in [-0.3, -0.25) is 9.36 Å². The second-order valence-corrected chi connectivity index (χ2v) is 4.79. The van der Waals surface area contributed by atoms with E-state index in [0.717, 1.165) is 0 Å². The summed E-state index contributed by atoms with van der Waals surface area (Å²) in [5, 5.41) is 8.94. The lowest BCUT2D eigenvalue weighted by molar-refractivity contribution is -0.136. The Hall–Kier alpha value is -1.73. The van der Waals surface area contributed by atoms with Crippen LogP contribution in [-0.4, -0.2) is 46.6 Å². The van der Waals surface area contributed by atoms with E-state index in [2.05, 4.69) is 4.98 Å². The van der Waals surface area contributed by atoms with Gasteiger partial charge in [0, 0.05) is 17.0 Å². The Bertz CT molecular complexity index is 561. The van der Waals surface area contributed by atoms with Crippen molar-refractivity contribution in [1.82, 2.24) is 9.55 Å². The molecular weight excluding hydrogens is 264 g/mol. The smallest absolute Gasteiger partial charge is 0.348 e. The fourth-order valence-corrected chi connectivity index (χ4v) is 2.31. The summed E-state index contributed by atoms with van der Waals surface area (Å²) in [7, 11) is 0. The zero-order valence-electron chi connectivity index (χ0n) is 11.6. The number of nitrogens with zero attached hydrogens (tertiary/aromatic N) is 2. The summed E-state index contributed by atoms with van der Waals surface area (Å²) in [5.41, 5.74) is 1.28. The number of carbonyl (C=O) groups is 1. The van der Waals surface area contributed by atoms with Crippen LogP contribution in [0.25, 0.3) is 0 Å². The summed E-state index contributed by atoms with van der Waals surface area (Å²) in [6.45, 7) is 5.19. The zero-order chi connectivity index (χ0) is 14.7. The lowest BCUT2D eigenvalue weighted by Crippen LogP contribution is -2.38. The Morgan fingerprint density at radius 2 is 2.20 bits per heavy atom. The van der Waals surface area contributed by atoms with Gasteiger partial charge in [0.2, 0.25) is 0 Å². The molecule has 1 fully saturated rings. The van der Waals surface area contributed by atoms with Crippen molar-refractivity contribution >= 4 is 5.97 Å². The highest BCUT2D eigenvalue weighted by Crippen LogP contribution is 2.12. The highest BCUT2D eigenvalue weighted by atomic mass is 16.6. The van der Waals surface area contributed by atoms with Crippen LogP contribution >= 0.6 is 0 Å². The summed E-state index contributed by atoms with van der Waals surface area (Å²) in [6.07, 6.45) is -0.352. The number of aromatic nitrogens is 2. The van der Waals surface area contributed by atoms with Gasteiger partial charge in [-0.05, 0) is 13.8 Å². The zero-order valence-corrected chi connectivity index (χ0v) is 11.6. The minimum absolute atomic E-state index is 0.146. The van der Waals surface area contributed by atoms with Crippen molar-refractivity contribution in [2.24, 2.45) is 0 Å². The molecule has 0 radical (unpaired) electrons. The first-order chi connectivity index (χ1) is 9.49. The molecule has 1 aromatic heterocycles. The molecule has 0 saturated carbocycles. The number of hydrogen-bond donors (Lipinski definition) is 1. The molecule has 0 spiro atoms. The maximum Gasteiger partial charge on any atom is 0.348 e. The van der Waals surface area contributed by atoms with Gasteiger partial charge in [-0.25, -0.2) is 4.79 Å². The molecule has 2 heterocycles. The van der Waals surface area contributed by atoms with E-state index < -0.39 is 5.97 Å². The monoisotopic (exact) mass is 282 g/mol. The third kappa shape index (κ3) is 3.23. The molecule has 7 heteroatoms. The molecule has 0 aromatic carbocycles. The van der Waals surface area contributed by atoms with Crippen molar-refractivity contribution in [1.29, 1.82) is 0 Å². The Balaban J connectivity index is 2.31. The van der Waals surface area contributed by atoms with Gasteiger partial charge < -0.3 is 14.6 Å². The molecule has 2 rings (SSSR count). The van der Waals surface area contributed by atoms with Gasteiger partial charge in [0.25, 0.3) is 0 Å². The fourth-order valence-electron chi connectivity index (χ4n) is 2.31. The van der Waals surface area contributed by atoms with Crippen LogP contribution in [0.2, 0.25) is 0 Å². The number of aryl methyl sites for hydroxylation is 1. The van der Waals surface area contributed by atoms with Crippen molar-refractivity contribution in [3.63, 3.8) is 0 Å². The molecular formula is C13H18N2O5. The summed E-state index contributed by atoms with van der Waals surface area (Å²) >= 11 is 0. The number of ether oxygens (including phenoxy) is 2. The highest BCUT2D eigenvalue weighted by molar-refractivity contribution is 5.70. The summed E-state index contributed by atoms with van der Waals surface area (Å²) in [6, 6.07) is 0. The molecule has 0 aliphatic carbocycles. The van der Waals surface area contributed by atoms with Crippen LogP contribution in [0.15, 0.2) is 4.79 Å². The van der Waals surface area contributed by atoms with Crippen LogP contribution in [0.4, 0.5) is 0 Å². The standard InChI is InChI=1S/C13H18N2O5/c1-8-11(5-12(16)17)9(2)15(13(18)14-8)6-10-7-19-3-4-20-10/h10H,3-7H2,1-2H3,(H,16,17). The molecule has 1 aliphatic heterocycles. The van der Waals surface area contributed by atoms with Gasteiger partial charge in [0.15, 0.2) is 0 Å². The molecule has 1 saturated heterocycles. The first kappa shape index (κ1) is 14.7. The molecule has 7 nitrogen and oxygen atoms in total. The van der Waals surface area contributed by atoms with E-state index >= 15 is 0 Å². The number of hydrogen-bond acceptors (Lipinski definition) is 5. The first-order valence-corrected chi connectivity index (χ1v) is 6.47. The van der Waals surface area contributed by atoms with Gasteiger partial charge in [0.1, 0.15) is 0 Å². The largest absolute Gasteiger partial charge is 0.481 e. The van der Waals surface area contributed by atoms with Crippen molar-refractivity contribution < 1.29 is 19.4 Å². The van der Waals surface area contributed by atoms with Gasteiger partial charge in [-0.1, -0.05) is 0 Å². The Labute approximate surface area is 116 Å². The van der Waals surface area contributed by atoms with Crippen LogP contribution in [0, 0.1) is 13.8 Å². The quantitative estimate of drug-likeness (QED) is 0.829. The second-order valence-electron chi connectivity index (χ2n) is 4.79. The summed E-state index contributed by atoms with van der Waals surface area (Å²) in [5.74, 6) is -0.944. The van der Waals surface area contributed by atoms with Crippen molar-refractivity contribution in [2.75, 3.05) is 19.8 Å². The average Bonchev–Trinajstić information content (AvgIpc) is 2.40. The van der Waals surface area contributed by atoms with Crippen molar-refractivity contribution in [3.05, 3.63) is 27.4 Å². The van der Waals surface area contributed by atoms with Crippen LogP contribution in [-0.2, 0) is 27.2 Å². The van der Waals surface area contributed by atoms with Gasteiger partial charge in [-0.15, -0.1) is 0 Å². The number of aliphatic carboxylic acids is 1. The van der Waals surface area contributed by atoms with E-state index in [1.165, 1.54) is 4.57 Å². The Kier molecular flexibility index (Phi) is 4.51. The van der Waals surface area contributed by atoms with E-state index in [-0.39, 0.29) is 18.2 Å².